The van der Waals surface area contributed by atoms with Crippen molar-refractivity contribution in [2.75, 3.05) is 19.9 Å². The Kier molecular flexibility index (Phi) is 3.62. The molecule has 0 aliphatic heterocycles. The van der Waals surface area contributed by atoms with Crippen LogP contribution in [0.15, 0.2) is 0 Å². The van der Waals surface area contributed by atoms with Gasteiger partial charge >= 0.3 is 5.97 Å². The molecule has 0 heterocycles. The molecule has 0 saturated carbocycles. The number of carbonyl (C=O) groups is 1. The molecule has 0 spiro atoms. The van der Waals surface area contributed by atoms with Gasteiger partial charge in [-0.2, -0.15) is 4.31 Å². The van der Waals surface area contributed by atoms with Gasteiger partial charge in [0.25, 0.3) is 0 Å². The summed E-state index contributed by atoms with van der Waals surface area (Å²) >= 11 is 0. The lowest BCUT2D eigenvalue weighted by atomic mass is 10.3. The van der Waals surface area contributed by atoms with Gasteiger partial charge in [0.1, 0.15) is 6.04 Å². The third kappa shape index (κ3) is 2.76. The van der Waals surface area contributed by atoms with E-state index in [0.717, 1.165) is 13.3 Å². The van der Waals surface area contributed by atoms with Crippen LogP contribution in [0.4, 0.5) is 0 Å². The molecule has 1 unspecified atom stereocenters. The van der Waals surface area contributed by atoms with Gasteiger partial charge in [-0.3, -0.25) is 4.79 Å². The molecule has 7 heteroatoms. The maximum Gasteiger partial charge on any atom is 0.324 e. The van der Waals surface area contributed by atoms with Gasteiger partial charge in [0, 0.05) is 7.05 Å². The number of likely N-dealkylation sites (N-methyl/N-ethyl adjacent to an activating group) is 1. The van der Waals surface area contributed by atoms with Crippen LogP contribution in [0.2, 0.25) is 0 Å². The maximum atomic E-state index is 10.8. The van der Waals surface area contributed by atoms with Gasteiger partial charge in [0.2, 0.25) is 10.0 Å². The summed E-state index contributed by atoms with van der Waals surface area (Å²) in [4.78, 5) is 10.4. The fraction of sp³-hybridized carbons (Fsp3) is 0.800. The van der Waals surface area contributed by atoms with Crippen LogP contribution in [0.25, 0.3) is 0 Å². The second-order valence-electron chi connectivity index (χ2n) is 2.32. The van der Waals surface area contributed by atoms with Gasteiger partial charge in [0.15, 0.2) is 0 Å². The van der Waals surface area contributed by atoms with Gasteiger partial charge < -0.3 is 10.2 Å². The summed E-state index contributed by atoms with van der Waals surface area (Å²) in [6, 6.07) is -1.40. The Labute approximate surface area is 70.5 Å². The van der Waals surface area contributed by atoms with E-state index in [0.29, 0.717) is 4.31 Å². The molecule has 0 saturated heterocycles. The monoisotopic (exact) mass is 197 g/mol. The maximum absolute atomic E-state index is 10.8. The highest BCUT2D eigenvalue weighted by atomic mass is 32.2. The second-order valence-corrected chi connectivity index (χ2v) is 4.36. The predicted molar refractivity (Wildman–Crippen MR) is 41.1 cm³/mol. The number of rotatable bonds is 4. The van der Waals surface area contributed by atoms with E-state index >= 15 is 0 Å². The molecule has 2 N–H and O–H groups in total. The molecular weight excluding hydrogens is 186 g/mol. The highest BCUT2D eigenvalue weighted by molar-refractivity contribution is 7.88. The van der Waals surface area contributed by atoms with Crippen LogP contribution >= 0.6 is 0 Å². The zero-order valence-corrected chi connectivity index (χ0v) is 7.58. The Balaban J connectivity index is 4.66. The van der Waals surface area contributed by atoms with Crippen molar-refractivity contribution >= 4 is 16.0 Å². The summed E-state index contributed by atoms with van der Waals surface area (Å²) in [7, 11) is -2.47. The number of hydrogen-bond donors (Lipinski definition) is 2. The SMILES string of the molecule is CN(C(CO)C(=O)O)S(C)(=O)=O. The van der Waals surface area contributed by atoms with Crippen molar-refractivity contribution in [2.24, 2.45) is 0 Å². The average Bonchev–Trinajstić information content (AvgIpc) is 1.86. The highest BCUT2D eigenvalue weighted by Gasteiger charge is 2.27. The van der Waals surface area contributed by atoms with Crippen LogP contribution in [0.5, 0.6) is 0 Å². The summed E-state index contributed by atoms with van der Waals surface area (Å²) in [6.07, 6.45) is 0.874. The first-order chi connectivity index (χ1) is 5.30. The van der Waals surface area contributed by atoms with Crippen LogP contribution in [-0.4, -0.2) is 54.9 Å². The van der Waals surface area contributed by atoms with E-state index < -0.39 is 28.6 Å². The van der Waals surface area contributed by atoms with Crippen LogP contribution < -0.4 is 0 Å². The minimum Gasteiger partial charge on any atom is -0.480 e. The third-order valence-electron chi connectivity index (χ3n) is 1.42. The van der Waals surface area contributed by atoms with Crippen LogP contribution in [-0.2, 0) is 14.8 Å². The van der Waals surface area contributed by atoms with Crippen LogP contribution in [0, 0.1) is 0 Å². The summed E-state index contributed by atoms with van der Waals surface area (Å²) in [6.45, 7) is -0.737. The number of aliphatic carboxylic acids is 1. The van der Waals surface area contributed by atoms with E-state index in [2.05, 4.69) is 0 Å². The number of aliphatic hydroxyl groups is 1. The summed E-state index contributed by atoms with van der Waals surface area (Å²) in [5.74, 6) is -1.37. The molecule has 0 aromatic carbocycles. The Morgan fingerprint density at radius 3 is 2.08 bits per heavy atom. The first kappa shape index (κ1) is 11.3. The van der Waals surface area contributed by atoms with Gasteiger partial charge in [-0.15, -0.1) is 0 Å². The highest BCUT2D eigenvalue weighted by Crippen LogP contribution is 2.01. The number of nitrogens with zero attached hydrogens (tertiary/aromatic N) is 1. The van der Waals surface area contributed by atoms with E-state index in [1.807, 2.05) is 0 Å². The summed E-state index contributed by atoms with van der Waals surface area (Å²) in [5.41, 5.74) is 0. The molecule has 0 aromatic rings. The molecule has 0 aliphatic rings. The number of aliphatic hydroxyl groups excluding tert-OH is 1. The Bertz CT molecular complexity index is 259. The van der Waals surface area contributed by atoms with Gasteiger partial charge in [0.05, 0.1) is 12.9 Å². The van der Waals surface area contributed by atoms with Crippen molar-refractivity contribution < 1.29 is 23.4 Å². The minimum absolute atomic E-state index is 0.606. The Hall–Kier alpha value is -0.660. The fourth-order valence-electron chi connectivity index (χ4n) is 0.580. The molecule has 0 rings (SSSR count). The number of carboxylic acids is 1. The van der Waals surface area contributed by atoms with Crippen LogP contribution in [0.3, 0.4) is 0 Å². The smallest absolute Gasteiger partial charge is 0.324 e. The van der Waals surface area contributed by atoms with E-state index in [1.54, 1.807) is 0 Å². The summed E-state index contributed by atoms with van der Waals surface area (Å²) in [5, 5.41) is 17.0. The van der Waals surface area contributed by atoms with Gasteiger partial charge in [-0.1, -0.05) is 0 Å². The number of hydrogen-bond acceptors (Lipinski definition) is 4. The standard InChI is InChI=1S/C5H11NO5S/c1-6(12(2,10)11)4(3-7)5(8)9/h4,7H,3H2,1-2H3,(H,8,9). The van der Waals surface area contributed by atoms with E-state index in [-0.39, 0.29) is 0 Å². The molecule has 0 radical (unpaired) electrons. The molecule has 6 nitrogen and oxygen atoms in total. The second kappa shape index (κ2) is 3.83. The van der Waals surface area contributed by atoms with Crippen molar-refractivity contribution in [3.63, 3.8) is 0 Å². The molecule has 72 valence electrons. The predicted octanol–water partition coefficient (Wildman–Crippen LogP) is -1.68. The lowest BCUT2D eigenvalue weighted by Crippen LogP contribution is -2.44. The largest absolute Gasteiger partial charge is 0.480 e. The lowest BCUT2D eigenvalue weighted by Gasteiger charge is -2.19. The third-order valence-corrected chi connectivity index (χ3v) is 2.72. The number of sulfonamides is 1. The van der Waals surface area contributed by atoms with Gasteiger partial charge in [-0.25, -0.2) is 8.42 Å². The molecule has 0 fully saturated rings. The first-order valence-electron chi connectivity index (χ1n) is 3.07. The van der Waals surface area contributed by atoms with Crippen LogP contribution in [0.1, 0.15) is 0 Å². The normalized spacial score (nSPS) is 14.7. The lowest BCUT2D eigenvalue weighted by molar-refractivity contribution is -0.142. The van der Waals surface area contributed by atoms with E-state index in [9.17, 15) is 13.2 Å². The Morgan fingerprint density at radius 1 is 1.58 bits per heavy atom. The zero-order valence-electron chi connectivity index (χ0n) is 6.76. The van der Waals surface area contributed by atoms with E-state index in [1.165, 1.54) is 0 Å². The molecule has 0 bridgehead atoms. The minimum atomic E-state index is -3.57. The molecule has 1 atom stereocenters. The fourth-order valence-corrected chi connectivity index (χ4v) is 1.20. The average molecular weight is 197 g/mol. The zero-order chi connectivity index (χ0) is 9.94. The molecular formula is C5H11NO5S. The molecule has 12 heavy (non-hydrogen) atoms. The quantitative estimate of drug-likeness (QED) is 0.561. The van der Waals surface area contributed by atoms with Gasteiger partial charge in [-0.05, 0) is 0 Å². The van der Waals surface area contributed by atoms with Crippen molar-refractivity contribution in [3.05, 3.63) is 0 Å². The topological polar surface area (TPSA) is 94.9 Å². The molecule has 0 aliphatic carbocycles. The van der Waals surface area contributed by atoms with Crippen molar-refractivity contribution in [1.82, 2.24) is 4.31 Å². The van der Waals surface area contributed by atoms with E-state index in [4.69, 9.17) is 10.2 Å². The van der Waals surface area contributed by atoms with Crippen molar-refractivity contribution in [3.8, 4) is 0 Å². The first-order valence-corrected chi connectivity index (χ1v) is 4.92. The molecule has 0 aromatic heterocycles. The Morgan fingerprint density at radius 2 is 2.00 bits per heavy atom. The van der Waals surface area contributed by atoms with Crippen molar-refractivity contribution in [2.45, 2.75) is 6.04 Å². The summed E-state index contributed by atoms with van der Waals surface area (Å²) < 4.78 is 22.2. The van der Waals surface area contributed by atoms with Crippen molar-refractivity contribution in [1.29, 1.82) is 0 Å². The molecule has 0 amide bonds. The number of carboxylic acid groups (broad SMARTS) is 1.